The first-order chi connectivity index (χ1) is 7.84. The summed E-state index contributed by atoms with van der Waals surface area (Å²) >= 11 is 0. The molecule has 0 spiro atoms. The van der Waals surface area contributed by atoms with Crippen LogP contribution in [-0.4, -0.2) is 16.2 Å². The molecule has 2 aromatic rings. The largest absolute Gasteiger partial charge is 0.459 e. The van der Waals surface area contributed by atoms with Gasteiger partial charge in [-0.1, -0.05) is 11.6 Å². The smallest absolute Gasteiger partial charge is 0.293 e. The Morgan fingerprint density at radius 2 is 2.31 bits per heavy atom. The molecule has 0 amide bonds. The van der Waals surface area contributed by atoms with Crippen molar-refractivity contribution in [3.63, 3.8) is 0 Å². The van der Waals surface area contributed by atoms with Crippen molar-refractivity contribution in [2.24, 2.45) is 5.73 Å². The van der Waals surface area contributed by atoms with Crippen LogP contribution in [-0.2, 0) is 0 Å². The molecule has 1 aliphatic carbocycles. The van der Waals surface area contributed by atoms with Crippen LogP contribution >= 0.6 is 0 Å². The van der Waals surface area contributed by atoms with Gasteiger partial charge >= 0.3 is 0 Å². The summed E-state index contributed by atoms with van der Waals surface area (Å²) in [5, 5.41) is 3.98. The van der Waals surface area contributed by atoms with E-state index in [1.54, 1.807) is 18.4 Å². The van der Waals surface area contributed by atoms with Crippen LogP contribution < -0.4 is 5.73 Å². The zero-order chi connectivity index (χ0) is 11.0. The number of hydrogen-bond donors (Lipinski definition) is 1. The van der Waals surface area contributed by atoms with Crippen molar-refractivity contribution in [1.29, 1.82) is 0 Å². The maximum absolute atomic E-state index is 5.99. The third kappa shape index (κ3) is 1.53. The normalized spacial score (nSPS) is 25.1. The van der Waals surface area contributed by atoms with Crippen LogP contribution in [0.25, 0.3) is 11.7 Å². The fraction of sp³-hybridized carbons (Fsp3) is 0.455. The standard InChI is InChI=1S/C11H13N3O2/c12-8-4-1-3-7(8)10-13-11(16-14-10)9-5-2-6-15-9/h2,5-8H,1,3-4,12H2/t7-,8-/m0/s1. The van der Waals surface area contributed by atoms with Crippen LogP contribution in [0.5, 0.6) is 0 Å². The quantitative estimate of drug-likeness (QED) is 0.834. The molecule has 2 atom stereocenters. The fourth-order valence-electron chi connectivity index (χ4n) is 2.20. The highest BCUT2D eigenvalue weighted by Crippen LogP contribution is 2.32. The van der Waals surface area contributed by atoms with Gasteiger partial charge in [0.05, 0.1) is 6.26 Å². The second kappa shape index (κ2) is 3.75. The number of nitrogens with two attached hydrogens (primary N) is 1. The van der Waals surface area contributed by atoms with E-state index in [1.807, 2.05) is 0 Å². The molecule has 2 heterocycles. The minimum Gasteiger partial charge on any atom is -0.459 e. The molecule has 0 bridgehead atoms. The average molecular weight is 219 g/mol. The van der Waals surface area contributed by atoms with Gasteiger partial charge in [-0.25, -0.2) is 0 Å². The van der Waals surface area contributed by atoms with Gasteiger partial charge in [0.25, 0.3) is 5.89 Å². The van der Waals surface area contributed by atoms with Gasteiger partial charge in [0.1, 0.15) is 0 Å². The summed E-state index contributed by atoms with van der Waals surface area (Å²) in [7, 11) is 0. The van der Waals surface area contributed by atoms with E-state index in [1.165, 1.54) is 0 Å². The van der Waals surface area contributed by atoms with Gasteiger partial charge in [0.2, 0.25) is 0 Å². The molecule has 2 N–H and O–H groups in total. The molecule has 2 aromatic heterocycles. The first-order valence-corrected chi connectivity index (χ1v) is 5.47. The summed E-state index contributed by atoms with van der Waals surface area (Å²) in [6.07, 6.45) is 4.80. The van der Waals surface area contributed by atoms with E-state index in [2.05, 4.69) is 10.1 Å². The minimum atomic E-state index is 0.155. The molecule has 0 aliphatic heterocycles. The number of hydrogen-bond acceptors (Lipinski definition) is 5. The second-order valence-electron chi connectivity index (χ2n) is 4.14. The lowest BCUT2D eigenvalue weighted by Gasteiger charge is -2.09. The second-order valence-corrected chi connectivity index (χ2v) is 4.14. The Hall–Kier alpha value is -1.62. The van der Waals surface area contributed by atoms with Crippen molar-refractivity contribution in [2.45, 2.75) is 31.2 Å². The van der Waals surface area contributed by atoms with Crippen LogP contribution in [0.15, 0.2) is 27.3 Å². The van der Waals surface area contributed by atoms with Gasteiger partial charge in [-0.05, 0) is 25.0 Å². The van der Waals surface area contributed by atoms with E-state index >= 15 is 0 Å². The van der Waals surface area contributed by atoms with Crippen molar-refractivity contribution in [3.8, 4) is 11.7 Å². The minimum absolute atomic E-state index is 0.155. The summed E-state index contributed by atoms with van der Waals surface area (Å²) < 4.78 is 10.4. The lowest BCUT2D eigenvalue weighted by molar-refractivity contribution is 0.401. The van der Waals surface area contributed by atoms with Gasteiger partial charge in [-0.15, -0.1) is 0 Å². The van der Waals surface area contributed by atoms with Gasteiger partial charge in [-0.3, -0.25) is 0 Å². The SMILES string of the molecule is N[C@H]1CCC[C@@H]1c1noc(-c2ccco2)n1. The molecular weight excluding hydrogens is 206 g/mol. The Kier molecular flexibility index (Phi) is 2.25. The summed E-state index contributed by atoms with van der Waals surface area (Å²) in [6, 6.07) is 3.74. The fourth-order valence-corrected chi connectivity index (χ4v) is 2.20. The molecule has 1 saturated carbocycles. The number of aromatic nitrogens is 2. The summed E-state index contributed by atoms with van der Waals surface area (Å²) in [4.78, 5) is 4.33. The molecule has 1 aliphatic rings. The van der Waals surface area contributed by atoms with E-state index in [-0.39, 0.29) is 12.0 Å². The molecule has 84 valence electrons. The topological polar surface area (TPSA) is 78.1 Å². The zero-order valence-corrected chi connectivity index (χ0v) is 8.80. The van der Waals surface area contributed by atoms with Crippen molar-refractivity contribution in [1.82, 2.24) is 10.1 Å². The molecule has 5 nitrogen and oxygen atoms in total. The number of nitrogens with zero attached hydrogens (tertiary/aromatic N) is 2. The Balaban J connectivity index is 1.88. The average Bonchev–Trinajstić information content (AvgIpc) is 2.96. The third-order valence-corrected chi connectivity index (χ3v) is 3.07. The van der Waals surface area contributed by atoms with Crippen LogP contribution in [0.4, 0.5) is 0 Å². The zero-order valence-electron chi connectivity index (χ0n) is 8.80. The monoisotopic (exact) mass is 219 g/mol. The van der Waals surface area contributed by atoms with Crippen LogP contribution in [0, 0.1) is 0 Å². The van der Waals surface area contributed by atoms with E-state index in [9.17, 15) is 0 Å². The van der Waals surface area contributed by atoms with Crippen LogP contribution in [0.3, 0.4) is 0 Å². The molecule has 3 rings (SSSR count). The molecule has 16 heavy (non-hydrogen) atoms. The first-order valence-electron chi connectivity index (χ1n) is 5.47. The molecule has 0 radical (unpaired) electrons. The van der Waals surface area contributed by atoms with Gasteiger partial charge in [0.15, 0.2) is 11.6 Å². The van der Waals surface area contributed by atoms with Gasteiger partial charge in [0, 0.05) is 12.0 Å². The van der Waals surface area contributed by atoms with Crippen molar-refractivity contribution in [3.05, 3.63) is 24.2 Å². The lowest BCUT2D eigenvalue weighted by Crippen LogP contribution is -2.23. The highest BCUT2D eigenvalue weighted by Gasteiger charge is 2.29. The highest BCUT2D eigenvalue weighted by atomic mass is 16.5. The maximum atomic E-state index is 5.99. The molecular formula is C11H13N3O2. The predicted octanol–water partition coefficient (Wildman–Crippen LogP) is 1.92. The molecule has 0 saturated heterocycles. The van der Waals surface area contributed by atoms with E-state index in [4.69, 9.17) is 14.7 Å². The lowest BCUT2D eigenvalue weighted by atomic mass is 10.0. The van der Waals surface area contributed by atoms with E-state index in [0.717, 1.165) is 19.3 Å². The van der Waals surface area contributed by atoms with Crippen molar-refractivity contribution in [2.75, 3.05) is 0 Å². The molecule has 0 unspecified atom stereocenters. The Bertz CT molecular complexity index is 463. The molecule has 5 heteroatoms. The summed E-state index contributed by atoms with van der Waals surface area (Å²) in [5.74, 6) is 1.97. The molecule has 0 aromatic carbocycles. The number of furan rings is 1. The summed E-state index contributed by atoms with van der Waals surface area (Å²) in [6.45, 7) is 0. The molecule has 1 fully saturated rings. The Morgan fingerprint density at radius 1 is 1.38 bits per heavy atom. The van der Waals surface area contributed by atoms with Crippen LogP contribution in [0.1, 0.15) is 31.0 Å². The Labute approximate surface area is 92.6 Å². The third-order valence-electron chi connectivity index (χ3n) is 3.07. The van der Waals surface area contributed by atoms with Crippen LogP contribution in [0.2, 0.25) is 0 Å². The Morgan fingerprint density at radius 3 is 3.00 bits per heavy atom. The van der Waals surface area contributed by atoms with Crippen molar-refractivity contribution >= 4 is 0 Å². The first kappa shape index (κ1) is 9.59. The summed E-state index contributed by atoms with van der Waals surface area (Å²) in [5.41, 5.74) is 5.99. The number of rotatable bonds is 2. The van der Waals surface area contributed by atoms with Crippen molar-refractivity contribution < 1.29 is 8.94 Å². The van der Waals surface area contributed by atoms with Gasteiger partial charge in [-0.2, -0.15) is 4.98 Å². The van der Waals surface area contributed by atoms with E-state index in [0.29, 0.717) is 17.5 Å². The highest BCUT2D eigenvalue weighted by molar-refractivity contribution is 5.43. The van der Waals surface area contributed by atoms with E-state index < -0.39 is 0 Å². The maximum Gasteiger partial charge on any atom is 0.293 e. The predicted molar refractivity (Wildman–Crippen MR) is 56.6 cm³/mol. The van der Waals surface area contributed by atoms with Gasteiger partial charge < -0.3 is 14.7 Å².